The van der Waals surface area contributed by atoms with Gasteiger partial charge in [-0.15, -0.1) is 0 Å². The van der Waals surface area contributed by atoms with Crippen LogP contribution in [-0.2, 0) is 0 Å². The van der Waals surface area contributed by atoms with Gasteiger partial charge >= 0.3 is 0 Å². The molecule has 1 aromatic rings. The first-order valence-electron chi connectivity index (χ1n) is 3.52. The van der Waals surface area contributed by atoms with Gasteiger partial charge in [-0.1, -0.05) is 6.07 Å². The lowest BCUT2D eigenvalue weighted by molar-refractivity contribution is 0.0525. The van der Waals surface area contributed by atoms with Crippen LogP contribution >= 0.6 is 15.9 Å². The summed E-state index contributed by atoms with van der Waals surface area (Å²) >= 11 is 3.13. The van der Waals surface area contributed by atoms with Gasteiger partial charge in [-0.05, 0) is 22.0 Å². The third-order valence-electron chi connectivity index (χ3n) is 1.52. The molecule has 2 unspecified atom stereocenters. The molecule has 0 aromatic carbocycles. The number of aromatic nitrogens is 1. The Kier molecular flexibility index (Phi) is 3.37. The number of hydrogen-bond donors (Lipinski definition) is 2. The third kappa shape index (κ3) is 2.49. The summed E-state index contributed by atoms with van der Waals surface area (Å²) in [6, 6.07) is 4.76. The van der Waals surface area contributed by atoms with E-state index in [-0.39, 0.29) is 0 Å². The van der Waals surface area contributed by atoms with Gasteiger partial charge in [0.15, 0.2) is 6.10 Å². The van der Waals surface area contributed by atoms with Gasteiger partial charge in [0.2, 0.25) is 0 Å². The molecule has 0 saturated heterocycles. The Balaban J connectivity index is 2.84. The predicted octanol–water partition coefficient (Wildman–Crippen LogP) is 0.762. The highest BCUT2D eigenvalue weighted by Crippen LogP contribution is 2.16. The molecule has 5 heteroatoms. The lowest BCUT2D eigenvalue weighted by Crippen LogP contribution is -2.15. The van der Waals surface area contributed by atoms with Crippen molar-refractivity contribution in [3.8, 4) is 6.07 Å². The Morgan fingerprint density at radius 3 is 2.62 bits per heavy atom. The Bertz CT molecular complexity index is 320. The number of nitriles is 1. The summed E-state index contributed by atoms with van der Waals surface area (Å²) in [6.07, 6.45) is -1.22. The second kappa shape index (κ2) is 4.33. The molecule has 1 rings (SSSR count). The molecule has 2 N–H and O–H groups in total. The average molecular weight is 243 g/mol. The Labute approximate surface area is 83.6 Å². The van der Waals surface area contributed by atoms with Crippen molar-refractivity contribution in [3.05, 3.63) is 28.5 Å². The first-order chi connectivity index (χ1) is 6.15. The van der Waals surface area contributed by atoms with Gasteiger partial charge < -0.3 is 10.2 Å². The van der Waals surface area contributed by atoms with E-state index in [2.05, 4.69) is 20.9 Å². The summed E-state index contributed by atoms with van der Waals surface area (Å²) in [7, 11) is 0. The van der Waals surface area contributed by atoms with Crippen molar-refractivity contribution >= 4 is 15.9 Å². The summed E-state index contributed by atoms with van der Waals surface area (Å²) in [4.78, 5) is 3.85. The van der Waals surface area contributed by atoms with E-state index in [0.717, 1.165) is 0 Å². The Hall–Kier alpha value is -0.960. The van der Waals surface area contributed by atoms with E-state index >= 15 is 0 Å². The summed E-state index contributed by atoms with van der Waals surface area (Å²) in [5, 5.41) is 26.7. The van der Waals surface area contributed by atoms with Gasteiger partial charge in [0.05, 0.1) is 6.07 Å². The first-order valence-corrected chi connectivity index (χ1v) is 4.31. The van der Waals surface area contributed by atoms with Gasteiger partial charge in [0, 0.05) is 11.8 Å². The van der Waals surface area contributed by atoms with Crippen LogP contribution < -0.4 is 0 Å². The summed E-state index contributed by atoms with van der Waals surface area (Å²) in [5.74, 6) is 0. The SMILES string of the molecule is N#CC(O)C(O)c1ccc(Br)nc1. The molecule has 0 fully saturated rings. The fourth-order valence-electron chi connectivity index (χ4n) is 0.815. The molecule has 13 heavy (non-hydrogen) atoms. The number of nitrogens with zero attached hydrogens (tertiary/aromatic N) is 2. The minimum Gasteiger partial charge on any atom is -0.384 e. The molecule has 2 atom stereocenters. The minimum atomic E-state index is -1.41. The first kappa shape index (κ1) is 10.1. The molecular weight excluding hydrogens is 236 g/mol. The number of aliphatic hydroxyl groups is 2. The highest BCUT2D eigenvalue weighted by Gasteiger charge is 2.17. The lowest BCUT2D eigenvalue weighted by Gasteiger charge is -2.10. The summed E-state index contributed by atoms with van der Waals surface area (Å²) < 4.78 is 0.634. The van der Waals surface area contributed by atoms with Crippen molar-refractivity contribution in [1.29, 1.82) is 5.26 Å². The van der Waals surface area contributed by atoms with Crippen LogP contribution in [0.2, 0.25) is 0 Å². The van der Waals surface area contributed by atoms with Crippen molar-refractivity contribution in [1.82, 2.24) is 4.98 Å². The standard InChI is InChI=1S/C8H7BrN2O2/c9-7-2-1-5(4-11-7)8(13)6(12)3-10/h1-2,4,6,8,12-13H. The van der Waals surface area contributed by atoms with Crippen LogP contribution in [0.3, 0.4) is 0 Å². The highest BCUT2D eigenvalue weighted by molar-refractivity contribution is 9.10. The van der Waals surface area contributed by atoms with Gasteiger partial charge in [0.1, 0.15) is 10.7 Å². The van der Waals surface area contributed by atoms with Gasteiger partial charge in [-0.2, -0.15) is 5.26 Å². The zero-order valence-corrected chi connectivity index (χ0v) is 8.14. The smallest absolute Gasteiger partial charge is 0.170 e. The van der Waals surface area contributed by atoms with E-state index in [1.54, 1.807) is 18.2 Å². The minimum absolute atomic E-state index is 0.414. The maximum Gasteiger partial charge on any atom is 0.170 e. The fourth-order valence-corrected chi connectivity index (χ4v) is 1.05. The normalized spacial score (nSPS) is 14.6. The van der Waals surface area contributed by atoms with E-state index in [0.29, 0.717) is 10.2 Å². The molecule has 0 saturated carbocycles. The fraction of sp³-hybridized carbons (Fsp3) is 0.250. The molecule has 1 aromatic heterocycles. The van der Waals surface area contributed by atoms with Crippen LogP contribution in [0, 0.1) is 11.3 Å². The van der Waals surface area contributed by atoms with Crippen LogP contribution in [0.1, 0.15) is 11.7 Å². The van der Waals surface area contributed by atoms with Crippen molar-refractivity contribution < 1.29 is 10.2 Å². The van der Waals surface area contributed by atoms with E-state index in [1.807, 2.05) is 0 Å². The quantitative estimate of drug-likeness (QED) is 0.593. The number of halogens is 1. The largest absolute Gasteiger partial charge is 0.384 e. The zero-order chi connectivity index (χ0) is 9.84. The summed E-state index contributed by atoms with van der Waals surface area (Å²) in [5.41, 5.74) is 0.414. The van der Waals surface area contributed by atoms with Crippen molar-refractivity contribution in [2.24, 2.45) is 0 Å². The molecule has 0 radical (unpaired) electrons. The van der Waals surface area contributed by atoms with Crippen molar-refractivity contribution in [3.63, 3.8) is 0 Å². The van der Waals surface area contributed by atoms with E-state index in [4.69, 9.17) is 10.4 Å². The van der Waals surface area contributed by atoms with Gasteiger partial charge in [0.25, 0.3) is 0 Å². The molecule has 0 aliphatic rings. The van der Waals surface area contributed by atoms with Gasteiger partial charge in [-0.3, -0.25) is 0 Å². The van der Waals surface area contributed by atoms with Crippen LogP contribution in [0.5, 0.6) is 0 Å². The van der Waals surface area contributed by atoms with Crippen LogP contribution in [0.4, 0.5) is 0 Å². The third-order valence-corrected chi connectivity index (χ3v) is 1.99. The van der Waals surface area contributed by atoms with Crippen molar-refractivity contribution in [2.75, 3.05) is 0 Å². The number of rotatable bonds is 2. The highest BCUT2D eigenvalue weighted by atomic mass is 79.9. The second-order valence-electron chi connectivity index (χ2n) is 2.43. The van der Waals surface area contributed by atoms with E-state index in [1.165, 1.54) is 6.20 Å². The molecule has 1 heterocycles. The molecule has 0 amide bonds. The predicted molar refractivity (Wildman–Crippen MR) is 48.5 cm³/mol. The lowest BCUT2D eigenvalue weighted by atomic mass is 10.1. The van der Waals surface area contributed by atoms with Crippen LogP contribution in [0.15, 0.2) is 22.9 Å². The molecule has 68 valence electrons. The van der Waals surface area contributed by atoms with Gasteiger partial charge in [-0.25, -0.2) is 4.98 Å². The Morgan fingerprint density at radius 2 is 2.15 bits per heavy atom. The Morgan fingerprint density at radius 1 is 1.46 bits per heavy atom. The number of hydrogen-bond acceptors (Lipinski definition) is 4. The maximum absolute atomic E-state index is 9.35. The molecule has 0 aliphatic carbocycles. The molecule has 0 bridgehead atoms. The molecule has 4 nitrogen and oxygen atoms in total. The van der Waals surface area contributed by atoms with E-state index < -0.39 is 12.2 Å². The zero-order valence-electron chi connectivity index (χ0n) is 6.55. The molecule has 0 aliphatic heterocycles. The second-order valence-corrected chi connectivity index (χ2v) is 3.25. The van der Waals surface area contributed by atoms with Crippen LogP contribution in [0.25, 0.3) is 0 Å². The van der Waals surface area contributed by atoms with Crippen LogP contribution in [-0.4, -0.2) is 21.3 Å². The molecule has 0 spiro atoms. The van der Waals surface area contributed by atoms with E-state index in [9.17, 15) is 5.11 Å². The maximum atomic E-state index is 9.35. The topological polar surface area (TPSA) is 77.1 Å². The van der Waals surface area contributed by atoms with Crippen molar-refractivity contribution in [2.45, 2.75) is 12.2 Å². The summed E-state index contributed by atoms with van der Waals surface area (Å²) in [6.45, 7) is 0. The monoisotopic (exact) mass is 242 g/mol. The molecular formula is C8H7BrN2O2. The number of aliphatic hydroxyl groups excluding tert-OH is 2. The average Bonchev–Trinajstić information content (AvgIpc) is 2.17. The number of pyridine rings is 1.